The maximum atomic E-state index is 13.6. The number of aromatic hydroxyl groups is 1. The normalized spacial score (nSPS) is 20.3. The van der Waals surface area contributed by atoms with Crippen LogP contribution in [0, 0.1) is 5.92 Å². The number of unbranched alkanes of at least 4 members (excludes halogenated alkanes) is 1. The van der Waals surface area contributed by atoms with Crippen LogP contribution >= 0.6 is 0 Å². The minimum Gasteiger partial charge on any atom is -0.494 e. The van der Waals surface area contributed by atoms with Crippen molar-refractivity contribution in [3.63, 3.8) is 0 Å². The average Bonchev–Trinajstić information content (AvgIpc) is 3.67. The molecule has 0 radical (unpaired) electrons. The number of ether oxygens (including phenoxy) is 1. The number of hydrogen-bond donors (Lipinski definition) is 3. The Labute approximate surface area is 241 Å². The summed E-state index contributed by atoms with van der Waals surface area (Å²) in [6.07, 6.45) is 5.84. The minimum absolute atomic E-state index is 0.0126. The fourth-order valence-electron chi connectivity index (χ4n) is 6.53. The summed E-state index contributed by atoms with van der Waals surface area (Å²) < 4.78 is 7.48. The number of aromatic nitrogens is 1. The van der Waals surface area contributed by atoms with E-state index in [2.05, 4.69) is 17.9 Å². The highest BCUT2D eigenvalue weighted by Crippen LogP contribution is 2.41. The first-order valence-corrected chi connectivity index (χ1v) is 14.9. The third-order valence-corrected chi connectivity index (χ3v) is 8.71. The van der Waals surface area contributed by atoms with E-state index in [-0.39, 0.29) is 30.3 Å². The van der Waals surface area contributed by atoms with Gasteiger partial charge in [0.05, 0.1) is 19.1 Å². The number of aliphatic carboxylic acids is 1. The molecule has 1 amide bonds. The van der Waals surface area contributed by atoms with Gasteiger partial charge in [-0.3, -0.25) is 14.5 Å². The first-order chi connectivity index (χ1) is 19.9. The lowest BCUT2D eigenvalue weighted by atomic mass is 9.83. The van der Waals surface area contributed by atoms with Crippen LogP contribution in [0.2, 0.25) is 0 Å². The third kappa shape index (κ3) is 6.21. The zero-order valence-electron chi connectivity index (χ0n) is 23.9. The lowest BCUT2D eigenvalue weighted by molar-refractivity contribution is -0.144. The van der Waals surface area contributed by atoms with E-state index in [1.54, 1.807) is 4.57 Å². The van der Waals surface area contributed by atoms with Gasteiger partial charge in [-0.2, -0.15) is 0 Å². The number of likely N-dealkylation sites (tertiary alicyclic amines) is 1. The molecule has 9 nitrogen and oxygen atoms in total. The van der Waals surface area contributed by atoms with Crippen molar-refractivity contribution in [2.45, 2.75) is 57.5 Å². The van der Waals surface area contributed by atoms with E-state index in [9.17, 15) is 19.8 Å². The lowest BCUT2D eigenvalue weighted by Crippen LogP contribution is -2.45. The van der Waals surface area contributed by atoms with Crippen LogP contribution in [0.3, 0.4) is 0 Å². The van der Waals surface area contributed by atoms with Gasteiger partial charge in [0.15, 0.2) is 5.88 Å². The quantitative estimate of drug-likeness (QED) is 0.290. The molecule has 4 N–H and O–H groups in total. The van der Waals surface area contributed by atoms with Gasteiger partial charge in [-0.1, -0.05) is 43.7 Å². The largest absolute Gasteiger partial charge is 0.494 e. The number of carbonyl (C=O) groups is 2. The van der Waals surface area contributed by atoms with Gasteiger partial charge < -0.3 is 30.2 Å². The first kappa shape index (κ1) is 29.0. The molecule has 3 atom stereocenters. The Morgan fingerprint density at radius 2 is 1.95 bits per heavy atom. The highest BCUT2D eigenvalue weighted by atomic mass is 16.5. The van der Waals surface area contributed by atoms with Crippen molar-refractivity contribution >= 4 is 22.6 Å². The Balaban J connectivity index is 1.43. The molecule has 9 heteroatoms. The summed E-state index contributed by atoms with van der Waals surface area (Å²) in [6, 6.07) is 13.3. The maximum absolute atomic E-state index is 13.6. The lowest BCUT2D eigenvalue weighted by Gasteiger charge is -2.30. The first-order valence-electron chi connectivity index (χ1n) is 14.9. The van der Waals surface area contributed by atoms with Gasteiger partial charge >= 0.3 is 5.97 Å². The smallest absolute Gasteiger partial charge is 0.308 e. The number of carbonyl (C=O) groups excluding carboxylic acids is 1. The van der Waals surface area contributed by atoms with Gasteiger partial charge in [0, 0.05) is 61.5 Å². The number of amides is 1. The molecule has 3 aromatic rings. The molecule has 41 heavy (non-hydrogen) atoms. The number of nitrogens with two attached hydrogens (primary N) is 1. The Morgan fingerprint density at radius 1 is 1.15 bits per heavy atom. The van der Waals surface area contributed by atoms with Crippen LogP contribution in [0.1, 0.15) is 49.7 Å². The number of carboxylic acid groups (broad SMARTS) is 1. The van der Waals surface area contributed by atoms with Gasteiger partial charge in [0.1, 0.15) is 5.75 Å². The van der Waals surface area contributed by atoms with Crippen molar-refractivity contribution in [2.24, 2.45) is 11.7 Å². The molecule has 0 spiro atoms. The zero-order valence-corrected chi connectivity index (χ0v) is 23.9. The molecule has 0 aliphatic carbocycles. The molecule has 1 fully saturated rings. The summed E-state index contributed by atoms with van der Waals surface area (Å²) in [5.74, 6) is -0.761. The Morgan fingerprint density at radius 3 is 2.71 bits per heavy atom. The SMILES string of the molecule is CCCCN(CCCN)C(=O)CN1C[C@H](c2ccc3c(c2)CCO3)C(C(=O)O)[C@@H]1CCn1cc2ccccc2c1O. The zero-order chi connectivity index (χ0) is 28.9. The molecule has 1 aromatic heterocycles. The van der Waals surface area contributed by atoms with Crippen LogP contribution in [0.15, 0.2) is 48.7 Å². The highest BCUT2D eigenvalue weighted by Gasteiger charge is 2.47. The molecule has 0 bridgehead atoms. The summed E-state index contributed by atoms with van der Waals surface area (Å²) in [4.78, 5) is 30.4. The van der Waals surface area contributed by atoms with Crippen LogP contribution in [0.5, 0.6) is 11.6 Å². The summed E-state index contributed by atoms with van der Waals surface area (Å²) in [5, 5.41) is 23.1. The summed E-state index contributed by atoms with van der Waals surface area (Å²) in [7, 11) is 0. The molecule has 3 heterocycles. The summed E-state index contributed by atoms with van der Waals surface area (Å²) >= 11 is 0. The Hall–Kier alpha value is -3.56. The summed E-state index contributed by atoms with van der Waals surface area (Å²) in [6.45, 7) is 5.62. The van der Waals surface area contributed by atoms with Gasteiger partial charge in [0.2, 0.25) is 5.91 Å². The molecule has 2 aliphatic rings. The second-order valence-corrected chi connectivity index (χ2v) is 11.3. The second-order valence-electron chi connectivity index (χ2n) is 11.3. The van der Waals surface area contributed by atoms with Crippen molar-refractivity contribution < 1.29 is 24.5 Å². The predicted molar refractivity (Wildman–Crippen MR) is 158 cm³/mol. The molecule has 5 rings (SSSR count). The van der Waals surface area contributed by atoms with Crippen LogP contribution in [-0.2, 0) is 22.6 Å². The van der Waals surface area contributed by atoms with Crippen molar-refractivity contribution in [3.05, 3.63) is 59.8 Å². The molecule has 220 valence electrons. The number of carboxylic acids is 1. The fourth-order valence-corrected chi connectivity index (χ4v) is 6.53. The molecular formula is C32H42N4O5. The van der Waals surface area contributed by atoms with E-state index in [0.717, 1.165) is 53.3 Å². The highest BCUT2D eigenvalue weighted by molar-refractivity contribution is 5.87. The summed E-state index contributed by atoms with van der Waals surface area (Å²) in [5.41, 5.74) is 7.83. The van der Waals surface area contributed by atoms with E-state index in [0.29, 0.717) is 45.8 Å². The van der Waals surface area contributed by atoms with E-state index in [1.807, 2.05) is 47.5 Å². The van der Waals surface area contributed by atoms with Crippen LogP contribution in [-0.4, -0.2) is 81.8 Å². The molecule has 1 saturated heterocycles. The van der Waals surface area contributed by atoms with Crippen molar-refractivity contribution in [1.29, 1.82) is 0 Å². The molecule has 0 saturated carbocycles. The van der Waals surface area contributed by atoms with E-state index in [4.69, 9.17) is 10.5 Å². The Kier molecular flexibility index (Phi) is 9.15. The van der Waals surface area contributed by atoms with E-state index < -0.39 is 11.9 Å². The van der Waals surface area contributed by atoms with Gasteiger partial charge in [-0.25, -0.2) is 0 Å². The number of aryl methyl sites for hydroxylation is 1. The monoisotopic (exact) mass is 562 g/mol. The second kappa shape index (κ2) is 13.0. The van der Waals surface area contributed by atoms with Crippen molar-refractivity contribution in [2.75, 3.05) is 39.3 Å². The molecular weight excluding hydrogens is 520 g/mol. The van der Waals surface area contributed by atoms with Gasteiger partial charge in [-0.15, -0.1) is 0 Å². The topological polar surface area (TPSA) is 121 Å². The number of nitrogens with zero attached hydrogens (tertiary/aromatic N) is 3. The van der Waals surface area contributed by atoms with Gasteiger partial charge in [0.25, 0.3) is 0 Å². The number of benzene rings is 2. The third-order valence-electron chi connectivity index (χ3n) is 8.71. The predicted octanol–water partition coefficient (Wildman–Crippen LogP) is 3.82. The average molecular weight is 563 g/mol. The fraction of sp³-hybridized carbons (Fsp3) is 0.500. The van der Waals surface area contributed by atoms with Crippen LogP contribution in [0.4, 0.5) is 0 Å². The molecule has 1 unspecified atom stereocenters. The van der Waals surface area contributed by atoms with E-state index >= 15 is 0 Å². The molecule has 2 aromatic carbocycles. The van der Waals surface area contributed by atoms with Gasteiger partial charge in [-0.05, 0) is 49.1 Å². The van der Waals surface area contributed by atoms with Crippen molar-refractivity contribution in [1.82, 2.24) is 14.4 Å². The number of hydrogen-bond acceptors (Lipinski definition) is 6. The molecule has 2 aliphatic heterocycles. The number of fused-ring (bicyclic) bond motifs is 2. The Bertz CT molecular complexity index is 1360. The minimum atomic E-state index is -0.862. The van der Waals surface area contributed by atoms with E-state index in [1.165, 1.54) is 0 Å². The maximum Gasteiger partial charge on any atom is 0.308 e. The van der Waals surface area contributed by atoms with Crippen molar-refractivity contribution in [3.8, 4) is 11.6 Å². The standard InChI is InChI=1S/C32H42N4O5/c1-2-3-14-34(15-6-13-33)29(37)21-36-20-26(22-9-10-28-23(18-22)12-17-41-28)30(32(39)40)27(36)11-16-35-19-24-7-4-5-8-25(24)31(35)38/h4-5,7-10,18-19,26-27,30,38H,2-3,6,11-17,20-21,33H2,1H3,(H,39,40)/t26-,27+,30?/m1/s1. The number of rotatable bonds is 13. The van der Waals surface area contributed by atoms with Crippen LogP contribution < -0.4 is 10.5 Å². The van der Waals surface area contributed by atoms with Crippen LogP contribution in [0.25, 0.3) is 10.8 Å².